The van der Waals surface area contributed by atoms with Crippen molar-refractivity contribution < 1.29 is 4.74 Å². The zero-order chi connectivity index (χ0) is 14.8. The van der Waals surface area contributed by atoms with Gasteiger partial charge in [0.2, 0.25) is 0 Å². The highest BCUT2D eigenvalue weighted by Crippen LogP contribution is 2.31. The van der Waals surface area contributed by atoms with Crippen LogP contribution in [0.2, 0.25) is 10.0 Å². The van der Waals surface area contributed by atoms with E-state index < -0.39 is 0 Å². The lowest BCUT2D eigenvalue weighted by Gasteiger charge is -2.12. The number of nitrogens with two attached hydrogens (primary N) is 1. The van der Waals surface area contributed by atoms with Crippen LogP contribution in [0.1, 0.15) is 5.56 Å². The Morgan fingerprint density at radius 1 is 0.905 bits per heavy atom. The molecule has 0 unspecified atom stereocenters. The lowest BCUT2D eigenvalue weighted by molar-refractivity contribution is 0.310. The lowest BCUT2D eigenvalue weighted by Crippen LogP contribution is -1.98. The van der Waals surface area contributed by atoms with Crippen LogP contribution in [0.25, 0.3) is 10.8 Å². The maximum atomic E-state index is 6.15. The van der Waals surface area contributed by atoms with E-state index in [0.717, 1.165) is 27.8 Å². The van der Waals surface area contributed by atoms with Crippen LogP contribution >= 0.6 is 23.2 Å². The number of hydrogen-bond acceptors (Lipinski definition) is 2. The minimum atomic E-state index is 0.354. The highest BCUT2D eigenvalue weighted by Gasteiger charge is 2.07. The summed E-state index contributed by atoms with van der Waals surface area (Å²) < 4.78 is 5.90. The molecule has 0 aliphatic rings. The van der Waals surface area contributed by atoms with Crippen LogP contribution in [-0.2, 0) is 6.61 Å². The summed E-state index contributed by atoms with van der Waals surface area (Å²) in [5, 5.41) is 3.24. The van der Waals surface area contributed by atoms with Crippen molar-refractivity contribution >= 4 is 39.7 Å². The molecule has 4 heteroatoms. The van der Waals surface area contributed by atoms with Crippen molar-refractivity contribution in [1.29, 1.82) is 0 Å². The summed E-state index contributed by atoms with van der Waals surface area (Å²) in [4.78, 5) is 0. The molecule has 3 aromatic carbocycles. The fraction of sp³-hybridized carbons (Fsp3) is 0.0588. The summed E-state index contributed by atoms with van der Waals surface area (Å²) >= 11 is 12.1. The van der Waals surface area contributed by atoms with Gasteiger partial charge in [0.25, 0.3) is 0 Å². The molecule has 2 N–H and O–H groups in total. The fourth-order valence-corrected chi connectivity index (χ4v) is 2.60. The van der Waals surface area contributed by atoms with E-state index in [1.807, 2.05) is 42.5 Å². The molecule has 0 fully saturated rings. The van der Waals surface area contributed by atoms with Gasteiger partial charge >= 0.3 is 0 Å². The Hall–Kier alpha value is -1.90. The average Bonchev–Trinajstić information content (AvgIpc) is 2.50. The van der Waals surface area contributed by atoms with Gasteiger partial charge in [-0.3, -0.25) is 0 Å². The molecule has 0 radical (unpaired) electrons. The van der Waals surface area contributed by atoms with E-state index >= 15 is 0 Å². The van der Waals surface area contributed by atoms with Gasteiger partial charge in [-0.15, -0.1) is 0 Å². The van der Waals surface area contributed by atoms with Crippen molar-refractivity contribution in [3.05, 3.63) is 70.2 Å². The van der Waals surface area contributed by atoms with Gasteiger partial charge in [0.05, 0.1) is 0 Å². The quantitative estimate of drug-likeness (QED) is 0.664. The molecule has 0 saturated heterocycles. The summed E-state index contributed by atoms with van der Waals surface area (Å²) in [6.45, 7) is 0.354. The minimum absolute atomic E-state index is 0.354. The molecule has 0 amide bonds. The van der Waals surface area contributed by atoms with E-state index in [9.17, 15) is 0 Å². The molecule has 3 aromatic rings. The highest BCUT2D eigenvalue weighted by atomic mass is 35.5. The van der Waals surface area contributed by atoms with E-state index in [1.54, 1.807) is 12.1 Å². The summed E-state index contributed by atoms with van der Waals surface area (Å²) in [6.07, 6.45) is 0. The number of halogens is 2. The van der Waals surface area contributed by atoms with Crippen LogP contribution in [0.15, 0.2) is 54.6 Å². The number of hydrogen-bond donors (Lipinski definition) is 1. The zero-order valence-corrected chi connectivity index (χ0v) is 12.7. The second-order valence-electron chi connectivity index (χ2n) is 4.72. The first kappa shape index (κ1) is 14.1. The Balaban J connectivity index is 1.92. The van der Waals surface area contributed by atoms with Crippen molar-refractivity contribution in [1.82, 2.24) is 0 Å². The monoisotopic (exact) mass is 317 g/mol. The second-order valence-corrected chi connectivity index (χ2v) is 5.57. The molecule has 21 heavy (non-hydrogen) atoms. The van der Waals surface area contributed by atoms with Crippen molar-refractivity contribution in [2.75, 3.05) is 5.73 Å². The maximum absolute atomic E-state index is 6.15. The molecule has 0 aliphatic carbocycles. The number of rotatable bonds is 3. The van der Waals surface area contributed by atoms with Crippen LogP contribution in [0.3, 0.4) is 0 Å². The maximum Gasteiger partial charge on any atom is 0.127 e. The molecule has 0 aliphatic heterocycles. The van der Waals surface area contributed by atoms with Gasteiger partial charge in [0, 0.05) is 32.1 Å². The number of nitrogen functional groups attached to an aromatic ring is 1. The van der Waals surface area contributed by atoms with Crippen LogP contribution in [0.4, 0.5) is 5.69 Å². The standard InChI is InChI=1S/C17H13Cl2NO/c18-12-5-6-15(19)11(9-12)10-21-17-8-7-16(20)13-3-1-2-4-14(13)17/h1-9H,10,20H2. The van der Waals surface area contributed by atoms with Gasteiger partial charge in [-0.1, -0.05) is 47.5 Å². The van der Waals surface area contributed by atoms with Crippen molar-refractivity contribution in [3.63, 3.8) is 0 Å². The van der Waals surface area contributed by atoms with Gasteiger partial charge in [-0.25, -0.2) is 0 Å². The number of benzene rings is 3. The van der Waals surface area contributed by atoms with Crippen molar-refractivity contribution in [2.45, 2.75) is 6.61 Å². The number of fused-ring (bicyclic) bond motifs is 1. The highest BCUT2D eigenvalue weighted by molar-refractivity contribution is 6.33. The molecule has 0 bridgehead atoms. The minimum Gasteiger partial charge on any atom is -0.488 e. The largest absolute Gasteiger partial charge is 0.488 e. The van der Waals surface area contributed by atoms with Crippen LogP contribution in [0.5, 0.6) is 5.75 Å². The third kappa shape index (κ3) is 2.92. The third-order valence-corrected chi connectivity index (χ3v) is 3.91. The van der Waals surface area contributed by atoms with E-state index in [2.05, 4.69) is 0 Å². The Morgan fingerprint density at radius 2 is 1.67 bits per heavy atom. The fourth-order valence-electron chi connectivity index (χ4n) is 2.23. The first-order chi connectivity index (χ1) is 10.1. The smallest absolute Gasteiger partial charge is 0.127 e. The predicted molar refractivity (Wildman–Crippen MR) is 89.2 cm³/mol. The Morgan fingerprint density at radius 3 is 2.48 bits per heavy atom. The average molecular weight is 318 g/mol. The summed E-state index contributed by atoms with van der Waals surface area (Å²) in [6, 6.07) is 16.9. The van der Waals surface area contributed by atoms with E-state index in [0.29, 0.717) is 16.7 Å². The van der Waals surface area contributed by atoms with Crippen LogP contribution < -0.4 is 10.5 Å². The van der Waals surface area contributed by atoms with Gasteiger partial charge < -0.3 is 10.5 Å². The number of anilines is 1. The third-order valence-electron chi connectivity index (χ3n) is 3.31. The molecule has 0 aromatic heterocycles. The Labute approximate surface area is 133 Å². The first-order valence-corrected chi connectivity index (χ1v) is 7.24. The van der Waals surface area contributed by atoms with Crippen LogP contribution in [-0.4, -0.2) is 0 Å². The van der Waals surface area contributed by atoms with Crippen molar-refractivity contribution in [3.8, 4) is 5.75 Å². The van der Waals surface area contributed by atoms with Gasteiger partial charge in [-0.05, 0) is 30.3 Å². The van der Waals surface area contributed by atoms with Gasteiger partial charge in [-0.2, -0.15) is 0 Å². The Kier molecular flexibility index (Phi) is 3.91. The predicted octanol–water partition coefficient (Wildman–Crippen LogP) is 5.31. The molecule has 106 valence electrons. The van der Waals surface area contributed by atoms with E-state index in [4.69, 9.17) is 33.7 Å². The zero-order valence-electron chi connectivity index (χ0n) is 11.1. The molecule has 0 saturated carbocycles. The van der Waals surface area contributed by atoms with E-state index in [-0.39, 0.29) is 0 Å². The van der Waals surface area contributed by atoms with Crippen molar-refractivity contribution in [2.24, 2.45) is 0 Å². The van der Waals surface area contributed by atoms with Crippen LogP contribution in [0, 0.1) is 0 Å². The first-order valence-electron chi connectivity index (χ1n) is 6.49. The van der Waals surface area contributed by atoms with E-state index in [1.165, 1.54) is 0 Å². The SMILES string of the molecule is Nc1ccc(OCc2cc(Cl)ccc2Cl)c2ccccc12. The normalized spacial score (nSPS) is 10.8. The molecule has 2 nitrogen and oxygen atoms in total. The van der Waals surface area contributed by atoms with Gasteiger partial charge in [0.1, 0.15) is 12.4 Å². The molecule has 0 heterocycles. The number of ether oxygens (including phenoxy) is 1. The lowest BCUT2D eigenvalue weighted by atomic mass is 10.1. The summed E-state index contributed by atoms with van der Waals surface area (Å²) in [7, 11) is 0. The molecular weight excluding hydrogens is 305 g/mol. The summed E-state index contributed by atoms with van der Waals surface area (Å²) in [5.41, 5.74) is 7.57. The molecule has 3 rings (SSSR count). The summed E-state index contributed by atoms with van der Waals surface area (Å²) in [5.74, 6) is 0.774. The molecular formula is C17H13Cl2NO. The second kappa shape index (κ2) is 5.84. The molecule has 0 atom stereocenters. The molecule has 0 spiro atoms. The topological polar surface area (TPSA) is 35.2 Å². The Bertz CT molecular complexity index is 802. The van der Waals surface area contributed by atoms with Gasteiger partial charge in [0.15, 0.2) is 0 Å².